The number of Topliss-reactive ketones (excluding diaryl/α,β-unsaturated/α-hetero) is 1. The quantitative estimate of drug-likeness (QED) is 0.298. The normalized spacial score (nSPS) is 11.8. The van der Waals surface area contributed by atoms with Gasteiger partial charge in [0.25, 0.3) is 0 Å². The van der Waals surface area contributed by atoms with Crippen molar-refractivity contribution in [1.82, 2.24) is 0 Å². The van der Waals surface area contributed by atoms with Crippen LogP contribution in [0.3, 0.4) is 0 Å². The van der Waals surface area contributed by atoms with Crippen molar-refractivity contribution >= 4 is 34.3 Å². The second-order valence-corrected chi connectivity index (χ2v) is 2.32. The predicted octanol–water partition coefficient (Wildman–Crippen LogP) is 0.486. The van der Waals surface area contributed by atoms with Crippen molar-refractivity contribution in [3.63, 3.8) is 0 Å². The summed E-state index contributed by atoms with van der Waals surface area (Å²) < 4.78 is 0. The topological polar surface area (TPSA) is 51.2 Å². The maximum Gasteiger partial charge on any atom is 0.237 e. The van der Waals surface area contributed by atoms with Gasteiger partial charge in [0.15, 0.2) is 5.78 Å². The van der Waals surface area contributed by atoms with Crippen molar-refractivity contribution in [3.8, 4) is 0 Å². The average Bonchev–Trinajstić information content (AvgIpc) is 2.05. The number of halogens is 1. The van der Waals surface area contributed by atoms with Gasteiger partial charge in [0, 0.05) is 5.57 Å². The number of carbonyl (C=O) groups excluding carboxylic acids is 3. The van der Waals surface area contributed by atoms with Crippen LogP contribution in [0, 0.1) is 0 Å². The van der Waals surface area contributed by atoms with Gasteiger partial charge < -0.3 is 0 Å². The smallest absolute Gasteiger partial charge is 0.237 e. The van der Waals surface area contributed by atoms with Gasteiger partial charge in [-0.3, -0.25) is 14.4 Å². The molecule has 0 aromatic carbocycles. The van der Waals surface area contributed by atoms with Crippen LogP contribution in [0.2, 0.25) is 0 Å². The van der Waals surface area contributed by atoms with E-state index < -0.39 is 5.78 Å². The number of hydrogen-bond acceptors (Lipinski definition) is 3. The Morgan fingerprint density at radius 2 is 1.91 bits per heavy atom. The van der Waals surface area contributed by atoms with Crippen LogP contribution < -0.4 is 0 Å². The van der Waals surface area contributed by atoms with Crippen LogP contribution in [-0.4, -0.2) is 23.7 Å². The van der Waals surface area contributed by atoms with E-state index in [1.807, 2.05) is 0 Å². The van der Waals surface area contributed by atoms with Crippen LogP contribution in [0.25, 0.3) is 0 Å². The molecule has 0 aliphatic carbocycles. The highest BCUT2D eigenvalue weighted by Crippen LogP contribution is 2.01. The summed E-state index contributed by atoms with van der Waals surface area (Å²) in [7, 11) is 0. The molecular formula is C7H5BrO3. The molecule has 0 spiro atoms. The molecule has 0 fully saturated rings. The van der Waals surface area contributed by atoms with Crippen LogP contribution in [0.15, 0.2) is 11.1 Å². The highest BCUT2D eigenvalue weighted by atomic mass is 79.9. The zero-order chi connectivity index (χ0) is 8.85. The van der Waals surface area contributed by atoms with Crippen molar-refractivity contribution < 1.29 is 14.4 Å². The van der Waals surface area contributed by atoms with Crippen molar-refractivity contribution in [1.29, 1.82) is 0 Å². The lowest BCUT2D eigenvalue weighted by Crippen LogP contribution is -2.07. The first-order chi connectivity index (χ1) is 5.17. The van der Waals surface area contributed by atoms with E-state index in [1.54, 1.807) is 0 Å². The number of rotatable bonds is 4. The fourth-order valence-corrected chi connectivity index (χ4v) is 0.741. The molecule has 0 aromatic rings. The van der Waals surface area contributed by atoms with E-state index in [2.05, 4.69) is 15.9 Å². The second-order valence-electron chi connectivity index (χ2n) is 1.76. The number of alkyl halides is 1. The Morgan fingerprint density at radius 3 is 2.18 bits per heavy atom. The summed E-state index contributed by atoms with van der Waals surface area (Å²) in [4.78, 5) is 30.9. The molecule has 3 nitrogen and oxygen atoms in total. The summed E-state index contributed by atoms with van der Waals surface area (Å²) in [6, 6.07) is 0. The fraction of sp³-hybridized carbons (Fsp3) is 0.286. The zero-order valence-electron chi connectivity index (χ0n) is 5.81. The summed E-state index contributed by atoms with van der Waals surface area (Å²) in [6.07, 6.45) is 2.85. The molecule has 4 heteroatoms. The van der Waals surface area contributed by atoms with E-state index in [9.17, 15) is 14.4 Å². The largest absolute Gasteiger partial charge is 0.293 e. The van der Waals surface area contributed by atoms with E-state index in [-0.39, 0.29) is 16.5 Å². The van der Waals surface area contributed by atoms with Gasteiger partial charge in [-0.2, -0.15) is 0 Å². The number of carbonyl (C=O) groups is 1. The summed E-state index contributed by atoms with van der Waals surface area (Å²) in [5.41, 5.74) is -0.249. The van der Waals surface area contributed by atoms with E-state index >= 15 is 0 Å². The minimum absolute atomic E-state index is 0.00977. The van der Waals surface area contributed by atoms with Gasteiger partial charge in [0.1, 0.15) is 0 Å². The Bertz CT molecular complexity index is 218. The van der Waals surface area contributed by atoms with E-state index in [0.717, 1.165) is 0 Å². The first kappa shape index (κ1) is 10.2. The summed E-state index contributed by atoms with van der Waals surface area (Å²) >= 11 is 2.86. The summed E-state index contributed by atoms with van der Waals surface area (Å²) in [6.45, 7) is 1.34. The van der Waals surface area contributed by atoms with Crippen molar-refractivity contribution in [2.75, 3.05) is 5.33 Å². The molecule has 0 rings (SSSR count). The number of ketones is 1. The lowest BCUT2D eigenvalue weighted by molar-refractivity contribution is -0.112. The third kappa shape index (κ3) is 2.76. The third-order valence-corrected chi connectivity index (χ3v) is 1.54. The molecule has 0 unspecified atom stereocenters. The van der Waals surface area contributed by atoms with Crippen molar-refractivity contribution in [2.24, 2.45) is 0 Å². The maximum absolute atomic E-state index is 10.8. The van der Waals surface area contributed by atoms with Crippen LogP contribution in [0.5, 0.6) is 0 Å². The molecule has 0 saturated carbocycles. The maximum atomic E-state index is 10.8. The Hall–Kier alpha value is -0.770. The molecule has 58 valence electrons. The SMILES string of the molecule is C/C([C]=O)=C(\[C]=O)C(=O)CBr. The van der Waals surface area contributed by atoms with Gasteiger partial charge in [-0.25, -0.2) is 0 Å². The minimum atomic E-state index is -0.458. The van der Waals surface area contributed by atoms with Gasteiger partial charge in [0.05, 0.1) is 10.9 Å². The van der Waals surface area contributed by atoms with Crippen LogP contribution in [0.4, 0.5) is 0 Å². The average molecular weight is 217 g/mol. The third-order valence-electron chi connectivity index (χ3n) is 1.03. The molecule has 0 atom stereocenters. The molecule has 0 amide bonds. The van der Waals surface area contributed by atoms with Gasteiger partial charge >= 0.3 is 0 Å². The van der Waals surface area contributed by atoms with Crippen LogP contribution >= 0.6 is 15.9 Å². The van der Waals surface area contributed by atoms with E-state index in [1.165, 1.54) is 19.5 Å². The Morgan fingerprint density at radius 1 is 1.36 bits per heavy atom. The monoisotopic (exact) mass is 216 g/mol. The first-order valence-corrected chi connectivity index (χ1v) is 3.85. The van der Waals surface area contributed by atoms with Gasteiger partial charge in [0.2, 0.25) is 12.6 Å². The standard InChI is InChI=1S/C7H5BrO3/c1-5(3-9)6(4-10)7(11)2-8/h2H2,1H3/b6-5-. The molecule has 0 bridgehead atoms. The summed E-state index contributed by atoms with van der Waals surface area (Å²) in [5.74, 6) is -0.458. The van der Waals surface area contributed by atoms with E-state index in [0.29, 0.717) is 0 Å². The lowest BCUT2D eigenvalue weighted by atomic mass is 10.1. The van der Waals surface area contributed by atoms with Gasteiger partial charge in [-0.15, -0.1) is 0 Å². The first-order valence-electron chi connectivity index (χ1n) is 2.73. The lowest BCUT2D eigenvalue weighted by Gasteiger charge is -1.93. The molecule has 2 radical (unpaired) electrons. The van der Waals surface area contributed by atoms with Gasteiger partial charge in [-0.05, 0) is 6.92 Å². The minimum Gasteiger partial charge on any atom is -0.293 e. The summed E-state index contributed by atoms with van der Waals surface area (Å²) in [5, 5.41) is 0.0105. The highest BCUT2D eigenvalue weighted by Gasteiger charge is 2.11. The van der Waals surface area contributed by atoms with Crippen LogP contribution in [-0.2, 0) is 14.4 Å². The van der Waals surface area contributed by atoms with E-state index in [4.69, 9.17) is 0 Å². The predicted molar refractivity (Wildman–Crippen MR) is 42.9 cm³/mol. The molecule has 0 aliphatic heterocycles. The molecule has 0 saturated heterocycles. The highest BCUT2D eigenvalue weighted by molar-refractivity contribution is 9.09. The van der Waals surface area contributed by atoms with Gasteiger partial charge in [-0.1, -0.05) is 15.9 Å². The zero-order valence-corrected chi connectivity index (χ0v) is 7.40. The molecule has 0 aromatic heterocycles. The number of allylic oxidation sites excluding steroid dienone is 2. The molecular weight excluding hydrogens is 212 g/mol. The fourth-order valence-electron chi connectivity index (χ4n) is 0.460. The Balaban J connectivity index is 4.78. The van der Waals surface area contributed by atoms with Crippen LogP contribution in [0.1, 0.15) is 6.92 Å². The molecule has 0 N–H and O–H groups in total. The number of hydrogen-bond donors (Lipinski definition) is 0. The van der Waals surface area contributed by atoms with Crippen molar-refractivity contribution in [2.45, 2.75) is 6.92 Å². The molecule has 11 heavy (non-hydrogen) atoms. The molecule has 0 aliphatic rings. The Labute approximate surface area is 72.6 Å². The molecule has 0 heterocycles. The second kappa shape index (κ2) is 4.96. The Kier molecular flexibility index (Phi) is 4.61. The van der Waals surface area contributed by atoms with Crippen molar-refractivity contribution in [3.05, 3.63) is 11.1 Å².